The van der Waals surface area contributed by atoms with Crippen molar-refractivity contribution < 1.29 is 29.3 Å². The van der Waals surface area contributed by atoms with E-state index in [1.807, 2.05) is 4.90 Å². The second-order valence-corrected chi connectivity index (χ2v) is 6.02. The molecule has 0 aromatic heterocycles. The zero-order valence-electron chi connectivity index (χ0n) is 14.2. The van der Waals surface area contributed by atoms with Crippen molar-refractivity contribution in [1.82, 2.24) is 4.90 Å². The molecule has 23 heavy (non-hydrogen) atoms. The van der Waals surface area contributed by atoms with Crippen LogP contribution in [0, 0.1) is 0 Å². The molecule has 1 heterocycles. The van der Waals surface area contributed by atoms with Gasteiger partial charge < -0.3 is 19.7 Å². The summed E-state index contributed by atoms with van der Waals surface area (Å²) in [5, 5.41) is 20.1. The first-order chi connectivity index (χ1) is 10.9. The average molecular weight is 331 g/mol. The van der Waals surface area contributed by atoms with Gasteiger partial charge in [-0.1, -0.05) is 26.2 Å². The van der Waals surface area contributed by atoms with Gasteiger partial charge in [-0.05, 0) is 13.0 Å². The van der Waals surface area contributed by atoms with Crippen LogP contribution in [0.2, 0.25) is 0 Å². The highest BCUT2D eigenvalue weighted by Gasteiger charge is 2.45. The molecule has 0 amide bonds. The zero-order chi connectivity index (χ0) is 17.4. The van der Waals surface area contributed by atoms with Gasteiger partial charge in [-0.15, -0.1) is 0 Å². The lowest BCUT2D eigenvalue weighted by Gasteiger charge is -2.45. The van der Waals surface area contributed by atoms with Gasteiger partial charge in [0.05, 0.1) is 12.6 Å². The molecule has 4 atom stereocenters. The molecule has 1 aliphatic heterocycles. The lowest BCUT2D eigenvalue weighted by Crippen LogP contribution is -2.64. The van der Waals surface area contributed by atoms with Crippen LogP contribution in [0.4, 0.5) is 0 Å². The molecule has 2 N–H and O–H groups in total. The maximum Gasteiger partial charge on any atom is 0.303 e. The third-order valence-electron chi connectivity index (χ3n) is 4.09. The Hall–Kier alpha value is -1.18. The Labute approximate surface area is 137 Å². The molecule has 0 aliphatic carbocycles. The first kappa shape index (κ1) is 19.9. The molecule has 0 aromatic rings. The molecule has 0 bridgehead atoms. The number of nitrogens with zero attached hydrogens (tertiary/aromatic N) is 1. The highest BCUT2D eigenvalue weighted by Crippen LogP contribution is 2.24. The number of unbranched alkanes of at least 4 members (excludes halogenated alkanes) is 3. The molecular formula is C16H29NO6. The number of hydrogen-bond donors (Lipinski definition) is 2. The van der Waals surface area contributed by atoms with E-state index in [9.17, 15) is 19.8 Å². The van der Waals surface area contributed by atoms with Crippen LogP contribution < -0.4 is 0 Å². The van der Waals surface area contributed by atoms with E-state index >= 15 is 0 Å². The minimum Gasteiger partial charge on any atom is -0.457 e. The summed E-state index contributed by atoms with van der Waals surface area (Å²) in [6, 6.07) is -0.534. The monoisotopic (exact) mass is 331 g/mol. The second kappa shape index (κ2) is 9.85. The number of aliphatic hydroxyl groups excluding tert-OH is 2. The van der Waals surface area contributed by atoms with E-state index < -0.39 is 36.3 Å². The first-order valence-corrected chi connectivity index (χ1v) is 8.28. The fourth-order valence-corrected chi connectivity index (χ4v) is 3.00. The first-order valence-electron chi connectivity index (χ1n) is 8.28. The van der Waals surface area contributed by atoms with Crippen molar-refractivity contribution in [3.63, 3.8) is 0 Å². The lowest BCUT2D eigenvalue weighted by molar-refractivity contribution is -0.196. The molecule has 0 aromatic carbocycles. The molecule has 7 heteroatoms. The van der Waals surface area contributed by atoms with Crippen molar-refractivity contribution in [3.8, 4) is 0 Å². The molecule has 1 saturated heterocycles. The van der Waals surface area contributed by atoms with E-state index in [1.54, 1.807) is 0 Å². The predicted octanol–water partition coefficient (Wildman–Crippen LogP) is 0.468. The normalized spacial score (nSPS) is 28.4. The van der Waals surface area contributed by atoms with Crippen LogP contribution in [0.1, 0.15) is 46.5 Å². The molecule has 1 fully saturated rings. The van der Waals surface area contributed by atoms with E-state index in [0.717, 1.165) is 25.7 Å². The topological polar surface area (TPSA) is 96.3 Å². The third kappa shape index (κ3) is 6.08. The Bertz CT molecular complexity index is 389. The Balaban J connectivity index is 2.80. The summed E-state index contributed by atoms with van der Waals surface area (Å²) in [5.41, 5.74) is 0. The van der Waals surface area contributed by atoms with Crippen molar-refractivity contribution in [1.29, 1.82) is 0 Å². The smallest absolute Gasteiger partial charge is 0.303 e. The Kier molecular flexibility index (Phi) is 8.51. The number of rotatable bonds is 8. The van der Waals surface area contributed by atoms with Crippen molar-refractivity contribution in [3.05, 3.63) is 0 Å². The largest absolute Gasteiger partial charge is 0.457 e. The van der Waals surface area contributed by atoms with Crippen molar-refractivity contribution in [2.45, 2.75) is 70.8 Å². The summed E-state index contributed by atoms with van der Waals surface area (Å²) in [6.07, 6.45) is 1.45. The van der Waals surface area contributed by atoms with Crippen LogP contribution >= 0.6 is 0 Å². The summed E-state index contributed by atoms with van der Waals surface area (Å²) >= 11 is 0. The number of likely N-dealkylation sites (tertiary alicyclic amines) is 1. The van der Waals surface area contributed by atoms with Crippen LogP contribution in [0.5, 0.6) is 0 Å². The number of aliphatic hydroxyl groups is 2. The van der Waals surface area contributed by atoms with Crippen LogP contribution in [-0.2, 0) is 19.1 Å². The van der Waals surface area contributed by atoms with Crippen LogP contribution in [0.15, 0.2) is 0 Å². The number of esters is 2. The minimum absolute atomic E-state index is 0.250. The molecular weight excluding hydrogens is 302 g/mol. The number of hydrogen-bond acceptors (Lipinski definition) is 7. The van der Waals surface area contributed by atoms with Gasteiger partial charge in [0.25, 0.3) is 0 Å². The van der Waals surface area contributed by atoms with Gasteiger partial charge in [0, 0.05) is 20.4 Å². The Morgan fingerprint density at radius 2 is 1.78 bits per heavy atom. The maximum atomic E-state index is 11.3. The molecule has 0 spiro atoms. The summed E-state index contributed by atoms with van der Waals surface area (Å²) in [4.78, 5) is 24.5. The van der Waals surface area contributed by atoms with E-state index in [-0.39, 0.29) is 6.61 Å². The van der Waals surface area contributed by atoms with E-state index in [2.05, 4.69) is 6.92 Å². The van der Waals surface area contributed by atoms with Gasteiger partial charge in [-0.2, -0.15) is 0 Å². The number of ether oxygens (including phenoxy) is 2. The molecule has 7 nitrogen and oxygen atoms in total. The van der Waals surface area contributed by atoms with Gasteiger partial charge in [0.15, 0.2) is 12.2 Å². The number of carbonyl (C=O) groups excluding carboxylic acids is 2. The van der Waals surface area contributed by atoms with Crippen molar-refractivity contribution >= 4 is 11.9 Å². The minimum atomic E-state index is -1.10. The quantitative estimate of drug-likeness (QED) is 0.493. The molecule has 134 valence electrons. The number of carbonyl (C=O) groups is 2. The van der Waals surface area contributed by atoms with Crippen molar-refractivity contribution in [2.24, 2.45) is 0 Å². The molecule has 0 saturated carbocycles. The molecule has 1 aliphatic rings. The van der Waals surface area contributed by atoms with E-state index in [4.69, 9.17) is 9.47 Å². The summed E-state index contributed by atoms with van der Waals surface area (Å²) < 4.78 is 10.4. The fraction of sp³-hybridized carbons (Fsp3) is 0.875. The lowest BCUT2D eigenvalue weighted by atomic mass is 9.93. The van der Waals surface area contributed by atoms with Crippen LogP contribution in [-0.4, -0.2) is 71.1 Å². The SMILES string of the molecule is CCCCCCN1C[C@H](OC(C)=O)[C@@H](OC(C)=O)[C@H](O)[C@H]1CO. The Morgan fingerprint density at radius 3 is 2.30 bits per heavy atom. The van der Waals surface area contributed by atoms with E-state index in [0.29, 0.717) is 13.1 Å². The zero-order valence-corrected chi connectivity index (χ0v) is 14.2. The molecule has 1 rings (SSSR count). The highest BCUT2D eigenvalue weighted by atomic mass is 16.6. The van der Waals surface area contributed by atoms with Gasteiger partial charge >= 0.3 is 11.9 Å². The number of piperidine rings is 1. The van der Waals surface area contributed by atoms with Crippen LogP contribution in [0.3, 0.4) is 0 Å². The summed E-state index contributed by atoms with van der Waals surface area (Å²) in [5.74, 6) is -1.05. The van der Waals surface area contributed by atoms with E-state index in [1.165, 1.54) is 13.8 Å². The summed E-state index contributed by atoms with van der Waals surface area (Å²) in [6.45, 7) is 5.41. The molecule has 0 radical (unpaired) electrons. The second-order valence-electron chi connectivity index (χ2n) is 6.02. The predicted molar refractivity (Wildman–Crippen MR) is 83.7 cm³/mol. The van der Waals surface area contributed by atoms with Gasteiger partial charge in [-0.3, -0.25) is 14.5 Å². The van der Waals surface area contributed by atoms with Crippen LogP contribution in [0.25, 0.3) is 0 Å². The summed E-state index contributed by atoms with van der Waals surface area (Å²) in [7, 11) is 0. The molecule has 0 unspecified atom stereocenters. The van der Waals surface area contributed by atoms with Gasteiger partial charge in [-0.25, -0.2) is 0 Å². The fourth-order valence-electron chi connectivity index (χ4n) is 3.00. The maximum absolute atomic E-state index is 11.3. The third-order valence-corrected chi connectivity index (χ3v) is 4.09. The Morgan fingerprint density at radius 1 is 1.13 bits per heavy atom. The highest BCUT2D eigenvalue weighted by molar-refractivity contribution is 5.67. The van der Waals surface area contributed by atoms with Crippen molar-refractivity contribution in [2.75, 3.05) is 19.7 Å². The standard InChI is InChI=1S/C16H29NO6/c1-4-5-6-7-8-17-9-14(22-11(2)19)16(23-12(3)20)15(21)13(17)10-18/h13-16,18,21H,4-10H2,1-3H3/t13-,14+,15-,16-/m1/s1. The average Bonchev–Trinajstić information content (AvgIpc) is 2.47. The van der Waals surface area contributed by atoms with Gasteiger partial charge in [0.1, 0.15) is 6.10 Å². The van der Waals surface area contributed by atoms with Gasteiger partial charge in [0.2, 0.25) is 0 Å².